The van der Waals surface area contributed by atoms with Crippen molar-refractivity contribution >= 4 is 43.3 Å². The van der Waals surface area contributed by atoms with Crippen LogP contribution >= 0.6 is 0 Å². The van der Waals surface area contributed by atoms with E-state index in [1.54, 1.807) is 24.3 Å². The normalized spacial score (nSPS) is 19.0. The van der Waals surface area contributed by atoms with E-state index in [2.05, 4.69) is 0 Å². The summed E-state index contributed by atoms with van der Waals surface area (Å²) in [6.07, 6.45) is -0.167. The molecule has 4 aromatic rings. The lowest BCUT2D eigenvalue weighted by Crippen LogP contribution is -2.23. The van der Waals surface area contributed by atoms with Gasteiger partial charge in [-0.25, -0.2) is 8.42 Å². The van der Waals surface area contributed by atoms with Crippen molar-refractivity contribution in [2.75, 3.05) is 11.5 Å². The second-order valence-corrected chi connectivity index (χ2v) is 11.1. The van der Waals surface area contributed by atoms with Crippen molar-refractivity contribution in [1.29, 1.82) is 0 Å². The highest BCUT2D eigenvalue weighted by atomic mass is 32.2. The third kappa shape index (κ3) is 5.52. The van der Waals surface area contributed by atoms with Gasteiger partial charge in [0, 0.05) is 0 Å². The number of hydrogen-bond donors (Lipinski definition) is 0. The predicted octanol–water partition coefficient (Wildman–Crippen LogP) is 4.95. The van der Waals surface area contributed by atoms with E-state index >= 15 is 0 Å². The molecule has 0 N–H and O–H groups in total. The molecule has 0 aromatic heterocycles. The van der Waals surface area contributed by atoms with E-state index in [0.29, 0.717) is 11.5 Å². The molecule has 2 atom stereocenters. The molecule has 0 aliphatic carbocycles. The van der Waals surface area contributed by atoms with Crippen molar-refractivity contribution in [3.8, 4) is 11.5 Å². The van der Waals surface area contributed by atoms with E-state index in [1.807, 2.05) is 60.7 Å². The van der Waals surface area contributed by atoms with Crippen LogP contribution in [-0.4, -0.2) is 31.9 Å². The molecule has 178 valence electrons. The second-order valence-electron chi connectivity index (χ2n) is 8.97. The standard InChI is InChI=1S/C28H24O6S/c29-27(33-25-11-9-19-5-1-3-7-21(19)13-25)15-23-17-35(31,32)18-24(23)16-28(30)34-26-12-10-20-6-2-4-8-22(20)14-26/h1-14,23-24H,15-18H2/t23-,24-/m0/s1. The fourth-order valence-corrected chi connectivity index (χ4v) is 6.90. The van der Waals surface area contributed by atoms with Crippen LogP contribution in [0.5, 0.6) is 11.5 Å². The molecule has 0 bridgehead atoms. The van der Waals surface area contributed by atoms with Gasteiger partial charge in [-0.2, -0.15) is 0 Å². The lowest BCUT2D eigenvalue weighted by atomic mass is 9.90. The van der Waals surface area contributed by atoms with Crippen LogP contribution < -0.4 is 9.47 Å². The van der Waals surface area contributed by atoms with Crippen LogP contribution in [0, 0.1) is 11.8 Å². The van der Waals surface area contributed by atoms with Gasteiger partial charge in [-0.3, -0.25) is 9.59 Å². The first kappa shape index (κ1) is 23.1. The molecule has 5 rings (SSSR count). The maximum Gasteiger partial charge on any atom is 0.311 e. The zero-order chi connectivity index (χ0) is 24.4. The molecule has 1 heterocycles. The predicted molar refractivity (Wildman–Crippen MR) is 134 cm³/mol. The Hall–Kier alpha value is -3.71. The van der Waals surface area contributed by atoms with Crippen molar-refractivity contribution in [1.82, 2.24) is 0 Å². The minimum Gasteiger partial charge on any atom is -0.426 e. The van der Waals surface area contributed by atoms with Crippen LogP contribution in [0.1, 0.15) is 12.8 Å². The molecule has 1 aliphatic rings. The molecule has 0 saturated carbocycles. The summed E-state index contributed by atoms with van der Waals surface area (Å²) in [6.45, 7) is 0. The van der Waals surface area contributed by atoms with Crippen molar-refractivity contribution < 1.29 is 27.5 Å². The van der Waals surface area contributed by atoms with E-state index < -0.39 is 33.6 Å². The third-order valence-corrected chi connectivity index (χ3v) is 8.24. The molecule has 1 aliphatic heterocycles. The first-order valence-electron chi connectivity index (χ1n) is 11.4. The van der Waals surface area contributed by atoms with Crippen LogP contribution in [0.25, 0.3) is 21.5 Å². The number of benzene rings is 4. The molecule has 0 unspecified atom stereocenters. The first-order chi connectivity index (χ1) is 16.8. The zero-order valence-electron chi connectivity index (χ0n) is 18.9. The molecule has 6 nitrogen and oxygen atoms in total. The zero-order valence-corrected chi connectivity index (χ0v) is 19.7. The Morgan fingerprint density at radius 1 is 0.629 bits per heavy atom. The minimum absolute atomic E-state index is 0.0834. The van der Waals surface area contributed by atoms with E-state index in [-0.39, 0.29) is 24.3 Å². The Kier molecular flexibility index (Phi) is 6.26. The fourth-order valence-electron chi connectivity index (χ4n) is 4.68. The van der Waals surface area contributed by atoms with Gasteiger partial charge in [-0.05, 0) is 57.6 Å². The average Bonchev–Trinajstić information content (AvgIpc) is 3.10. The summed E-state index contributed by atoms with van der Waals surface area (Å²) in [5.41, 5.74) is 0. The monoisotopic (exact) mass is 488 g/mol. The SMILES string of the molecule is O=C(C[C@H]1CS(=O)(=O)C[C@@H]1CC(=O)Oc1ccc2ccccc2c1)Oc1ccc2ccccc2c1. The maximum atomic E-state index is 12.6. The topological polar surface area (TPSA) is 86.7 Å². The maximum absolute atomic E-state index is 12.6. The van der Waals surface area contributed by atoms with Crippen LogP contribution in [-0.2, 0) is 19.4 Å². The number of rotatable bonds is 6. The van der Waals surface area contributed by atoms with E-state index in [0.717, 1.165) is 21.5 Å². The van der Waals surface area contributed by atoms with Gasteiger partial charge in [-0.15, -0.1) is 0 Å². The highest BCUT2D eigenvalue weighted by Crippen LogP contribution is 2.32. The summed E-state index contributed by atoms with van der Waals surface area (Å²) in [6, 6.07) is 26.1. The Labute approximate surface area is 203 Å². The molecule has 7 heteroatoms. The number of carbonyl (C=O) groups is 2. The minimum atomic E-state index is -3.35. The molecule has 35 heavy (non-hydrogen) atoms. The largest absolute Gasteiger partial charge is 0.426 e. The summed E-state index contributed by atoms with van der Waals surface area (Å²) in [5.74, 6) is -1.52. The number of hydrogen-bond acceptors (Lipinski definition) is 6. The molecular formula is C28H24O6S. The molecule has 0 amide bonds. The Morgan fingerprint density at radius 3 is 1.46 bits per heavy atom. The third-order valence-electron chi connectivity index (χ3n) is 6.37. The smallest absolute Gasteiger partial charge is 0.311 e. The van der Waals surface area contributed by atoms with Gasteiger partial charge in [0.15, 0.2) is 9.84 Å². The molecule has 0 radical (unpaired) electrons. The summed E-state index contributed by atoms with van der Waals surface area (Å²) >= 11 is 0. The number of esters is 2. The van der Waals surface area contributed by atoms with Gasteiger partial charge in [0.1, 0.15) is 11.5 Å². The van der Waals surface area contributed by atoms with Gasteiger partial charge >= 0.3 is 11.9 Å². The average molecular weight is 489 g/mol. The van der Waals surface area contributed by atoms with Crippen LogP contribution in [0.3, 0.4) is 0 Å². The molecule has 1 fully saturated rings. The highest BCUT2D eigenvalue weighted by Gasteiger charge is 2.40. The van der Waals surface area contributed by atoms with Crippen molar-refractivity contribution in [2.24, 2.45) is 11.8 Å². The van der Waals surface area contributed by atoms with E-state index in [9.17, 15) is 18.0 Å². The second kappa shape index (κ2) is 9.50. The van der Waals surface area contributed by atoms with Crippen molar-refractivity contribution in [2.45, 2.75) is 12.8 Å². The quantitative estimate of drug-likeness (QED) is 0.282. The fraction of sp³-hybridized carbons (Fsp3) is 0.214. The van der Waals surface area contributed by atoms with Gasteiger partial charge in [0.25, 0.3) is 0 Å². The summed E-state index contributed by atoms with van der Waals surface area (Å²) in [5, 5.41) is 3.93. The summed E-state index contributed by atoms with van der Waals surface area (Å²) < 4.78 is 35.6. The summed E-state index contributed by atoms with van der Waals surface area (Å²) in [4.78, 5) is 25.3. The number of carbonyl (C=O) groups excluding carboxylic acids is 2. The lowest BCUT2D eigenvalue weighted by Gasteiger charge is -2.16. The number of ether oxygens (including phenoxy) is 2. The van der Waals surface area contributed by atoms with Crippen LogP contribution in [0.2, 0.25) is 0 Å². The van der Waals surface area contributed by atoms with Gasteiger partial charge < -0.3 is 9.47 Å². The highest BCUT2D eigenvalue weighted by molar-refractivity contribution is 7.91. The summed E-state index contributed by atoms with van der Waals surface area (Å²) in [7, 11) is -3.35. The molecule has 0 spiro atoms. The molecular weight excluding hydrogens is 464 g/mol. The van der Waals surface area contributed by atoms with E-state index in [1.165, 1.54) is 0 Å². The Morgan fingerprint density at radius 2 is 1.03 bits per heavy atom. The molecule has 1 saturated heterocycles. The van der Waals surface area contributed by atoms with Crippen LogP contribution in [0.15, 0.2) is 84.9 Å². The van der Waals surface area contributed by atoms with Crippen LogP contribution in [0.4, 0.5) is 0 Å². The number of sulfone groups is 1. The van der Waals surface area contributed by atoms with Gasteiger partial charge in [-0.1, -0.05) is 60.7 Å². The lowest BCUT2D eigenvalue weighted by molar-refractivity contribution is -0.138. The first-order valence-corrected chi connectivity index (χ1v) is 13.3. The number of fused-ring (bicyclic) bond motifs is 2. The van der Waals surface area contributed by atoms with Gasteiger partial charge in [0.05, 0.1) is 24.3 Å². The van der Waals surface area contributed by atoms with Gasteiger partial charge in [0.2, 0.25) is 0 Å². The Balaban J connectivity index is 1.23. The van der Waals surface area contributed by atoms with Crippen molar-refractivity contribution in [3.63, 3.8) is 0 Å². The van der Waals surface area contributed by atoms with E-state index in [4.69, 9.17) is 9.47 Å². The Bertz CT molecular complexity index is 1420. The van der Waals surface area contributed by atoms with Crippen molar-refractivity contribution in [3.05, 3.63) is 84.9 Å². The molecule has 4 aromatic carbocycles.